The average molecular weight is 263 g/mol. The van der Waals surface area contributed by atoms with Gasteiger partial charge in [-0.25, -0.2) is 0 Å². The predicted octanol–water partition coefficient (Wildman–Crippen LogP) is 1.30. The van der Waals surface area contributed by atoms with E-state index in [9.17, 15) is 4.79 Å². The van der Waals surface area contributed by atoms with Crippen molar-refractivity contribution in [2.24, 2.45) is 10.8 Å². The van der Waals surface area contributed by atoms with E-state index in [0.717, 1.165) is 0 Å². The summed E-state index contributed by atoms with van der Waals surface area (Å²) in [5.74, 6) is 0.128. The molecule has 19 heavy (non-hydrogen) atoms. The monoisotopic (exact) mass is 263 g/mol. The van der Waals surface area contributed by atoms with Crippen molar-refractivity contribution in [2.75, 3.05) is 20.2 Å². The minimum atomic E-state index is -1.04. The van der Waals surface area contributed by atoms with Gasteiger partial charge in [-0.15, -0.1) is 0 Å². The lowest BCUT2D eigenvalue weighted by Gasteiger charge is -2.28. The van der Waals surface area contributed by atoms with Crippen LogP contribution in [-0.2, 0) is 10.3 Å². The van der Waals surface area contributed by atoms with Crippen LogP contribution in [0.4, 0.5) is 0 Å². The van der Waals surface area contributed by atoms with Crippen LogP contribution in [0.1, 0.15) is 12.5 Å². The summed E-state index contributed by atoms with van der Waals surface area (Å²) in [6.45, 7) is 2.27. The molecule has 0 heterocycles. The molecule has 1 amide bonds. The molecule has 102 valence electrons. The van der Waals surface area contributed by atoms with Crippen LogP contribution in [0, 0.1) is 0 Å². The van der Waals surface area contributed by atoms with Crippen molar-refractivity contribution >= 4 is 5.91 Å². The Balaban J connectivity index is 2.96. The van der Waals surface area contributed by atoms with Gasteiger partial charge in [-0.2, -0.15) is 0 Å². The van der Waals surface area contributed by atoms with Gasteiger partial charge in [0.2, 0.25) is 5.91 Å². The Morgan fingerprint density at radius 1 is 1.63 bits per heavy atom. The van der Waals surface area contributed by atoms with Gasteiger partial charge in [0.25, 0.3) is 0 Å². The van der Waals surface area contributed by atoms with Crippen LogP contribution in [0.15, 0.2) is 29.4 Å². The van der Waals surface area contributed by atoms with Gasteiger partial charge in [0.1, 0.15) is 11.3 Å². The third-order valence-electron chi connectivity index (χ3n) is 2.89. The molecule has 1 rings (SSSR count). The smallest absolute Gasteiger partial charge is 0.242 e. The molecular weight excluding hydrogens is 246 g/mol. The van der Waals surface area contributed by atoms with E-state index in [1.807, 2.05) is 0 Å². The van der Waals surface area contributed by atoms with Gasteiger partial charge in [0.15, 0.2) is 0 Å². The van der Waals surface area contributed by atoms with Gasteiger partial charge >= 0.3 is 0 Å². The fourth-order valence-corrected chi connectivity index (χ4v) is 1.67. The number of carbonyl (C=O) groups is 1. The van der Waals surface area contributed by atoms with Gasteiger partial charge < -0.3 is 10.5 Å². The number of nitrogens with one attached hydrogen (secondary N) is 1. The summed E-state index contributed by atoms with van der Waals surface area (Å²) in [5.41, 5.74) is 13.3. The molecule has 0 aromatic heterocycles. The van der Waals surface area contributed by atoms with Crippen LogP contribution in [0.3, 0.4) is 0 Å². The van der Waals surface area contributed by atoms with E-state index >= 15 is 0 Å². The maximum atomic E-state index is 11.7. The Morgan fingerprint density at radius 2 is 2.37 bits per heavy atom. The van der Waals surface area contributed by atoms with Gasteiger partial charge in [0.05, 0.1) is 7.11 Å². The van der Waals surface area contributed by atoms with Gasteiger partial charge in [0, 0.05) is 18.0 Å². The molecule has 0 aliphatic rings. The summed E-state index contributed by atoms with van der Waals surface area (Å²) in [5, 5.41) is 6.41. The van der Waals surface area contributed by atoms with Crippen LogP contribution >= 0.6 is 0 Å². The van der Waals surface area contributed by atoms with Crippen molar-refractivity contribution in [1.29, 1.82) is 0 Å². The summed E-state index contributed by atoms with van der Waals surface area (Å²) in [7, 11) is 1.55. The van der Waals surface area contributed by atoms with E-state index in [0.29, 0.717) is 17.9 Å². The highest BCUT2D eigenvalue weighted by atomic mass is 16.5. The number of carbonyl (C=O) groups excluding carboxylic acids is 1. The summed E-state index contributed by atoms with van der Waals surface area (Å²) >= 11 is 0. The molecule has 0 aliphatic heterocycles. The van der Waals surface area contributed by atoms with Gasteiger partial charge in [-0.1, -0.05) is 17.2 Å². The molecule has 7 heteroatoms. The number of ether oxygens (including phenoxy) is 1. The predicted molar refractivity (Wildman–Crippen MR) is 71.6 cm³/mol. The number of hydrogen-bond acceptors (Lipinski definition) is 4. The molecule has 0 aliphatic carbocycles. The lowest BCUT2D eigenvalue weighted by Crippen LogP contribution is -2.51. The second kappa shape index (κ2) is 6.63. The van der Waals surface area contributed by atoms with E-state index < -0.39 is 11.4 Å². The summed E-state index contributed by atoms with van der Waals surface area (Å²) < 4.78 is 5.13. The second-order valence-electron chi connectivity index (χ2n) is 4.10. The highest BCUT2D eigenvalue weighted by Gasteiger charge is 2.32. The Bertz CT molecular complexity index is 499. The summed E-state index contributed by atoms with van der Waals surface area (Å²) in [6.07, 6.45) is 0. The van der Waals surface area contributed by atoms with Crippen LogP contribution in [0.5, 0.6) is 5.75 Å². The molecule has 7 nitrogen and oxygen atoms in total. The van der Waals surface area contributed by atoms with Gasteiger partial charge in [-0.05, 0) is 30.2 Å². The van der Waals surface area contributed by atoms with E-state index in [1.54, 1.807) is 38.3 Å². The SMILES string of the molecule is COc1cccc(C(C)(NCCN=[N+]=[N-])C(N)=O)c1. The number of azide groups is 1. The first-order chi connectivity index (χ1) is 9.04. The molecule has 1 aromatic rings. The number of amides is 1. The van der Waals surface area contributed by atoms with Crippen molar-refractivity contribution in [1.82, 2.24) is 5.32 Å². The highest BCUT2D eigenvalue weighted by molar-refractivity contribution is 5.85. The van der Waals surface area contributed by atoms with Crippen molar-refractivity contribution in [2.45, 2.75) is 12.5 Å². The Labute approximate surface area is 111 Å². The maximum Gasteiger partial charge on any atom is 0.242 e. The lowest BCUT2D eigenvalue weighted by molar-refractivity contribution is -0.124. The third-order valence-corrected chi connectivity index (χ3v) is 2.89. The maximum absolute atomic E-state index is 11.7. The number of rotatable bonds is 7. The molecular formula is C12H17N5O2. The molecule has 0 saturated heterocycles. The topological polar surface area (TPSA) is 113 Å². The standard InChI is InChI=1S/C12H17N5O2/c1-12(11(13)18,15-6-7-16-17-14)9-4-3-5-10(8-9)19-2/h3-5,8,15H,6-7H2,1-2H3,(H2,13,18). The van der Waals surface area contributed by atoms with Crippen LogP contribution in [0.2, 0.25) is 0 Å². The first-order valence-corrected chi connectivity index (χ1v) is 5.75. The summed E-state index contributed by atoms with van der Waals surface area (Å²) in [6, 6.07) is 7.09. The van der Waals surface area contributed by atoms with Crippen molar-refractivity contribution in [3.63, 3.8) is 0 Å². The molecule has 0 saturated carbocycles. The van der Waals surface area contributed by atoms with Crippen molar-refractivity contribution in [3.05, 3.63) is 40.3 Å². The molecule has 1 unspecified atom stereocenters. The zero-order chi connectivity index (χ0) is 14.3. The molecule has 0 bridgehead atoms. The number of nitrogens with two attached hydrogens (primary N) is 1. The summed E-state index contributed by atoms with van der Waals surface area (Å²) in [4.78, 5) is 14.3. The fourth-order valence-electron chi connectivity index (χ4n) is 1.67. The van der Waals surface area contributed by atoms with E-state index in [4.69, 9.17) is 16.0 Å². The first kappa shape index (κ1) is 14.8. The second-order valence-corrected chi connectivity index (χ2v) is 4.10. The average Bonchev–Trinajstić information content (AvgIpc) is 2.43. The molecule has 0 fully saturated rings. The first-order valence-electron chi connectivity index (χ1n) is 5.75. The minimum Gasteiger partial charge on any atom is -0.497 e. The Kier molecular flexibility index (Phi) is 5.17. The molecule has 3 N–H and O–H groups in total. The number of benzene rings is 1. The quantitative estimate of drug-likeness (QED) is 0.334. The highest BCUT2D eigenvalue weighted by Crippen LogP contribution is 2.24. The molecule has 1 atom stereocenters. The van der Waals surface area contributed by atoms with Gasteiger partial charge in [-0.3, -0.25) is 10.1 Å². The number of primary amides is 1. The lowest BCUT2D eigenvalue weighted by atomic mass is 9.91. The van der Waals surface area contributed by atoms with Crippen LogP contribution < -0.4 is 15.8 Å². The Morgan fingerprint density at radius 3 is 2.95 bits per heavy atom. The van der Waals surface area contributed by atoms with Crippen molar-refractivity contribution in [3.8, 4) is 5.75 Å². The fraction of sp³-hybridized carbons (Fsp3) is 0.417. The Hall–Kier alpha value is -2.24. The van der Waals surface area contributed by atoms with E-state index in [1.165, 1.54) is 0 Å². The van der Waals surface area contributed by atoms with Crippen LogP contribution in [-0.4, -0.2) is 26.1 Å². The molecule has 0 radical (unpaired) electrons. The minimum absolute atomic E-state index is 0.239. The molecule has 1 aromatic carbocycles. The third kappa shape index (κ3) is 3.61. The largest absolute Gasteiger partial charge is 0.497 e. The number of hydrogen-bond donors (Lipinski definition) is 2. The van der Waals surface area contributed by atoms with Crippen LogP contribution in [0.25, 0.3) is 10.4 Å². The van der Waals surface area contributed by atoms with E-state index in [2.05, 4.69) is 15.3 Å². The van der Waals surface area contributed by atoms with E-state index in [-0.39, 0.29) is 6.54 Å². The molecule has 0 spiro atoms. The normalized spacial score (nSPS) is 13.2. The zero-order valence-corrected chi connectivity index (χ0v) is 11.0. The number of nitrogens with zero attached hydrogens (tertiary/aromatic N) is 3. The van der Waals surface area contributed by atoms with Crippen molar-refractivity contribution < 1.29 is 9.53 Å². The zero-order valence-electron chi connectivity index (χ0n) is 11.0. The number of methoxy groups -OCH3 is 1.